The molecule has 9 heteroatoms. The van der Waals surface area contributed by atoms with Crippen molar-refractivity contribution < 1.29 is 22.7 Å². The second-order valence-corrected chi connectivity index (χ2v) is 7.67. The number of hydrogen-bond donors (Lipinski definition) is 0. The number of ether oxygens (including phenoxy) is 1. The molecule has 0 aliphatic carbocycles. The topological polar surface area (TPSA) is 49.0 Å². The fourth-order valence-corrected chi connectivity index (χ4v) is 4.20. The number of carbonyl (C=O) groups is 1. The van der Waals surface area contributed by atoms with Gasteiger partial charge in [-0.25, -0.2) is 4.98 Å². The van der Waals surface area contributed by atoms with Crippen molar-refractivity contribution in [2.45, 2.75) is 38.3 Å². The zero-order chi connectivity index (χ0) is 21.2. The van der Waals surface area contributed by atoms with Crippen molar-refractivity contribution in [3.05, 3.63) is 47.3 Å². The lowest BCUT2D eigenvalue weighted by molar-refractivity contribution is -0.141. The van der Waals surface area contributed by atoms with Gasteiger partial charge in [-0.1, -0.05) is 23.9 Å². The molecule has 1 aromatic carbocycles. The molecule has 0 atom stereocenters. The molecule has 0 aliphatic rings. The highest BCUT2D eigenvalue weighted by molar-refractivity contribution is 7.99. The Morgan fingerprint density at radius 3 is 2.62 bits per heavy atom. The van der Waals surface area contributed by atoms with Crippen LogP contribution in [0.4, 0.5) is 13.2 Å². The second kappa shape index (κ2) is 8.62. The number of benzene rings is 1. The third kappa shape index (κ3) is 4.84. The SMILES string of the molecule is COCCn1c(SCC(=O)c2cc(C)n(CC(F)(F)F)c2C)nc2ccccc21. The Hall–Kier alpha value is -2.26. The summed E-state index contributed by atoms with van der Waals surface area (Å²) in [6, 6.07) is 9.19. The summed E-state index contributed by atoms with van der Waals surface area (Å²) < 4.78 is 46.7. The fourth-order valence-electron chi connectivity index (χ4n) is 3.28. The van der Waals surface area contributed by atoms with E-state index in [1.807, 2.05) is 28.8 Å². The number of nitrogens with zero attached hydrogens (tertiary/aromatic N) is 3. The number of carbonyl (C=O) groups excluding carboxylic acids is 1. The highest BCUT2D eigenvalue weighted by Gasteiger charge is 2.30. The van der Waals surface area contributed by atoms with E-state index in [9.17, 15) is 18.0 Å². The number of imidazole rings is 1. The number of halogens is 3. The standard InChI is InChI=1S/C20H22F3N3O2S/c1-13-10-15(14(2)26(13)12-20(21,22)23)18(27)11-29-19-24-16-6-4-5-7-17(16)25(19)8-9-28-3/h4-7,10H,8-9,11-12H2,1-3H3. The number of alkyl halides is 3. The summed E-state index contributed by atoms with van der Waals surface area (Å²) in [5.74, 6) is -0.131. The summed E-state index contributed by atoms with van der Waals surface area (Å²) >= 11 is 1.28. The first kappa shape index (κ1) is 21.4. The van der Waals surface area contributed by atoms with Gasteiger partial charge in [0, 0.05) is 30.6 Å². The van der Waals surface area contributed by atoms with Crippen molar-refractivity contribution in [3.8, 4) is 0 Å². The van der Waals surface area contributed by atoms with Crippen LogP contribution in [0.1, 0.15) is 21.7 Å². The zero-order valence-corrected chi connectivity index (χ0v) is 17.2. The summed E-state index contributed by atoms with van der Waals surface area (Å²) in [5.41, 5.74) is 2.84. The lowest BCUT2D eigenvalue weighted by Gasteiger charge is -2.12. The minimum atomic E-state index is -4.34. The molecule has 0 saturated carbocycles. The van der Waals surface area contributed by atoms with Crippen LogP contribution < -0.4 is 0 Å². The van der Waals surface area contributed by atoms with E-state index in [-0.39, 0.29) is 11.5 Å². The molecular formula is C20H22F3N3O2S. The number of hydrogen-bond acceptors (Lipinski definition) is 4. The van der Waals surface area contributed by atoms with E-state index in [0.717, 1.165) is 15.6 Å². The van der Waals surface area contributed by atoms with Crippen LogP contribution in [0.15, 0.2) is 35.5 Å². The van der Waals surface area contributed by atoms with Crippen molar-refractivity contribution in [3.63, 3.8) is 0 Å². The normalized spacial score (nSPS) is 12.1. The van der Waals surface area contributed by atoms with E-state index < -0.39 is 12.7 Å². The minimum Gasteiger partial charge on any atom is -0.383 e. The van der Waals surface area contributed by atoms with Gasteiger partial charge in [-0.3, -0.25) is 4.79 Å². The average Bonchev–Trinajstić information content (AvgIpc) is 3.15. The van der Waals surface area contributed by atoms with E-state index in [1.165, 1.54) is 17.8 Å². The first-order valence-corrected chi connectivity index (χ1v) is 10.0. The van der Waals surface area contributed by atoms with Gasteiger partial charge >= 0.3 is 6.18 Å². The van der Waals surface area contributed by atoms with Gasteiger partial charge in [0.2, 0.25) is 0 Å². The van der Waals surface area contributed by atoms with Gasteiger partial charge in [0.15, 0.2) is 10.9 Å². The third-order valence-electron chi connectivity index (χ3n) is 4.68. The van der Waals surface area contributed by atoms with E-state index >= 15 is 0 Å². The van der Waals surface area contributed by atoms with E-state index in [2.05, 4.69) is 4.98 Å². The molecule has 29 heavy (non-hydrogen) atoms. The van der Waals surface area contributed by atoms with Crippen molar-refractivity contribution >= 4 is 28.6 Å². The largest absolute Gasteiger partial charge is 0.406 e. The van der Waals surface area contributed by atoms with Crippen LogP contribution in [-0.4, -0.2) is 45.5 Å². The summed E-state index contributed by atoms with van der Waals surface area (Å²) in [6.07, 6.45) is -4.34. The second-order valence-electron chi connectivity index (χ2n) is 6.73. The number of methoxy groups -OCH3 is 1. The van der Waals surface area contributed by atoms with Gasteiger partial charge in [-0.2, -0.15) is 13.2 Å². The van der Waals surface area contributed by atoms with Crippen molar-refractivity contribution in [2.24, 2.45) is 0 Å². The molecule has 2 heterocycles. The molecule has 2 aromatic heterocycles. The van der Waals surface area contributed by atoms with Crippen molar-refractivity contribution in [1.82, 2.24) is 14.1 Å². The van der Waals surface area contributed by atoms with Crippen LogP contribution >= 0.6 is 11.8 Å². The van der Waals surface area contributed by atoms with Crippen LogP contribution in [0.2, 0.25) is 0 Å². The summed E-state index contributed by atoms with van der Waals surface area (Å²) in [7, 11) is 1.62. The molecule has 3 aromatic rings. The van der Waals surface area contributed by atoms with Crippen molar-refractivity contribution in [2.75, 3.05) is 19.5 Å². The highest BCUT2D eigenvalue weighted by atomic mass is 32.2. The number of ketones is 1. The molecule has 156 valence electrons. The average molecular weight is 425 g/mol. The molecule has 0 saturated heterocycles. The summed E-state index contributed by atoms with van der Waals surface area (Å²) in [5, 5.41) is 0.681. The van der Waals surface area contributed by atoms with Crippen LogP contribution in [0.5, 0.6) is 0 Å². The van der Waals surface area contributed by atoms with E-state index in [0.29, 0.717) is 35.3 Å². The van der Waals surface area contributed by atoms with Gasteiger partial charge in [0.05, 0.1) is 23.4 Å². The molecule has 0 unspecified atom stereocenters. The number of thioether (sulfide) groups is 1. The Morgan fingerprint density at radius 2 is 1.93 bits per heavy atom. The van der Waals surface area contributed by atoms with E-state index in [4.69, 9.17) is 4.74 Å². The molecule has 0 spiro atoms. The molecule has 0 aliphatic heterocycles. The van der Waals surface area contributed by atoms with E-state index in [1.54, 1.807) is 21.0 Å². The minimum absolute atomic E-state index is 0.0899. The Balaban J connectivity index is 1.80. The maximum atomic E-state index is 12.8. The smallest absolute Gasteiger partial charge is 0.383 e. The molecule has 0 fully saturated rings. The molecule has 5 nitrogen and oxygen atoms in total. The maximum Gasteiger partial charge on any atom is 0.406 e. The zero-order valence-electron chi connectivity index (χ0n) is 16.4. The predicted octanol–water partition coefficient (Wildman–Crippen LogP) is 4.64. The Morgan fingerprint density at radius 1 is 1.21 bits per heavy atom. The predicted molar refractivity (Wildman–Crippen MR) is 107 cm³/mol. The van der Waals surface area contributed by atoms with Crippen LogP contribution in [0.3, 0.4) is 0 Å². The number of aryl methyl sites for hydroxylation is 1. The maximum absolute atomic E-state index is 12.8. The molecule has 0 radical (unpaired) electrons. The van der Waals surface area contributed by atoms with Gasteiger partial charge in [-0.05, 0) is 32.0 Å². The molecular weight excluding hydrogens is 403 g/mol. The van der Waals surface area contributed by atoms with Gasteiger partial charge in [-0.15, -0.1) is 0 Å². The van der Waals surface area contributed by atoms with Gasteiger partial charge < -0.3 is 13.9 Å². The molecule has 0 bridgehead atoms. The van der Waals surface area contributed by atoms with Crippen LogP contribution in [-0.2, 0) is 17.8 Å². The molecule has 0 N–H and O–H groups in total. The first-order valence-electron chi connectivity index (χ1n) is 9.05. The Labute approximate surface area is 170 Å². The molecule has 0 amide bonds. The number of fused-ring (bicyclic) bond motifs is 1. The fraction of sp³-hybridized carbons (Fsp3) is 0.400. The number of para-hydroxylation sites is 2. The summed E-state index contributed by atoms with van der Waals surface area (Å²) in [6.45, 7) is 3.11. The number of Topliss-reactive ketones (excluding diaryl/α,β-unsaturated/α-hetero) is 1. The van der Waals surface area contributed by atoms with Gasteiger partial charge in [0.25, 0.3) is 0 Å². The van der Waals surface area contributed by atoms with Gasteiger partial charge in [0.1, 0.15) is 6.54 Å². The quantitative estimate of drug-likeness (QED) is 0.390. The van der Waals surface area contributed by atoms with Crippen LogP contribution in [0, 0.1) is 13.8 Å². The van der Waals surface area contributed by atoms with Crippen LogP contribution in [0.25, 0.3) is 11.0 Å². The lowest BCUT2D eigenvalue weighted by Crippen LogP contribution is -2.19. The Bertz CT molecular complexity index is 1020. The number of rotatable bonds is 8. The lowest BCUT2D eigenvalue weighted by atomic mass is 10.2. The number of aromatic nitrogens is 3. The summed E-state index contributed by atoms with van der Waals surface area (Å²) in [4.78, 5) is 17.3. The first-order chi connectivity index (χ1) is 13.7. The Kier molecular flexibility index (Phi) is 6.38. The molecule has 3 rings (SSSR count). The monoisotopic (exact) mass is 425 g/mol. The third-order valence-corrected chi connectivity index (χ3v) is 5.66. The van der Waals surface area contributed by atoms with Crippen molar-refractivity contribution in [1.29, 1.82) is 0 Å². The highest BCUT2D eigenvalue weighted by Crippen LogP contribution is 2.27.